The van der Waals surface area contributed by atoms with E-state index in [1.165, 1.54) is 0 Å². The SMILES string of the molecule is CCN(CC)C(=O)c1cccc(NC(=O)c2cc(-c3ccccc3)nc3c2cnn3Cc2ccco2)c1. The third-order valence-electron chi connectivity index (χ3n) is 6.23. The van der Waals surface area contributed by atoms with Gasteiger partial charge >= 0.3 is 0 Å². The van der Waals surface area contributed by atoms with Crippen LogP contribution in [0, 0.1) is 0 Å². The fraction of sp³-hybridized carbons (Fsp3) is 0.172. The van der Waals surface area contributed by atoms with E-state index in [-0.39, 0.29) is 11.8 Å². The quantitative estimate of drug-likeness (QED) is 0.309. The van der Waals surface area contributed by atoms with Crippen molar-refractivity contribution in [2.75, 3.05) is 18.4 Å². The maximum Gasteiger partial charge on any atom is 0.256 e. The molecule has 0 radical (unpaired) electrons. The van der Waals surface area contributed by atoms with Gasteiger partial charge in [0.15, 0.2) is 5.65 Å². The summed E-state index contributed by atoms with van der Waals surface area (Å²) in [6, 6.07) is 22.2. The Labute approximate surface area is 214 Å². The minimum atomic E-state index is -0.311. The zero-order valence-corrected chi connectivity index (χ0v) is 20.7. The molecule has 0 aliphatic carbocycles. The Kier molecular flexibility index (Phi) is 6.81. The number of carbonyl (C=O) groups excluding carboxylic acids is 2. The van der Waals surface area contributed by atoms with Crippen molar-refractivity contribution >= 4 is 28.5 Å². The predicted octanol–water partition coefficient (Wildman–Crippen LogP) is 5.47. The van der Waals surface area contributed by atoms with Gasteiger partial charge in [-0.25, -0.2) is 9.67 Å². The average Bonchev–Trinajstić information content (AvgIpc) is 3.60. The van der Waals surface area contributed by atoms with Gasteiger partial charge in [0, 0.05) is 29.9 Å². The number of anilines is 1. The van der Waals surface area contributed by atoms with E-state index in [4.69, 9.17) is 9.40 Å². The van der Waals surface area contributed by atoms with E-state index in [0.717, 1.165) is 11.3 Å². The zero-order valence-electron chi connectivity index (χ0n) is 20.7. The molecule has 186 valence electrons. The van der Waals surface area contributed by atoms with Crippen molar-refractivity contribution in [2.24, 2.45) is 0 Å². The highest BCUT2D eigenvalue weighted by Crippen LogP contribution is 2.26. The van der Waals surface area contributed by atoms with Gasteiger partial charge in [-0.1, -0.05) is 36.4 Å². The summed E-state index contributed by atoms with van der Waals surface area (Å²) < 4.78 is 7.21. The molecule has 3 heterocycles. The summed E-state index contributed by atoms with van der Waals surface area (Å²) in [5.74, 6) is 0.352. The molecule has 0 fully saturated rings. The van der Waals surface area contributed by atoms with Crippen LogP contribution in [0.25, 0.3) is 22.3 Å². The van der Waals surface area contributed by atoms with E-state index in [1.54, 1.807) is 52.4 Å². The van der Waals surface area contributed by atoms with Crippen LogP contribution in [0.3, 0.4) is 0 Å². The molecule has 0 saturated heterocycles. The van der Waals surface area contributed by atoms with Gasteiger partial charge in [0.1, 0.15) is 12.3 Å². The normalized spacial score (nSPS) is 11.0. The third-order valence-corrected chi connectivity index (χ3v) is 6.23. The molecule has 0 saturated carbocycles. The van der Waals surface area contributed by atoms with Gasteiger partial charge in [-0.3, -0.25) is 9.59 Å². The second kappa shape index (κ2) is 10.5. The van der Waals surface area contributed by atoms with Crippen LogP contribution in [0.15, 0.2) is 89.7 Å². The predicted molar refractivity (Wildman–Crippen MR) is 142 cm³/mol. The molecule has 2 amide bonds. The Hall–Kier alpha value is -4.72. The first-order valence-corrected chi connectivity index (χ1v) is 12.2. The minimum Gasteiger partial charge on any atom is -0.467 e. The molecule has 0 bridgehead atoms. The van der Waals surface area contributed by atoms with Gasteiger partial charge in [-0.15, -0.1) is 0 Å². The fourth-order valence-electron chi connectivity index (χ4n) is 4.28. The van der Waals surface area contributed by atoms with E-state index >= 15 is 0 Å². The Bertz CT molecular complexity index is 1540. The van der Waals surface area contributed by atoms with Crippen LogP contribution in [0.4, 0.5) is 5.69 Å². The number of aromatic nitrogens is 3. The number of carbonyl (C=O) groups is 2. The Balaban J connectivity index is 1.52. The topological polar surface area (TPSA) is 93.3 Å². The van der Waals surface area contributed by atoms with Crippen molar-refractivity contribution in [2.45, 2.75) is 20.4 Å². The number of rotatable bonds is 8. The van der Waals surface area contributed by atoms with Gasteiger partial charge in [-0.2, -0.15) is 5.10 Å². The number of pyridine rings is 1. The molecule has 0 aliphatic heterocycles. The summed E-state index contributed by atoms with van der Waals surface area (Å²) in [4.78, 5) is 33.0. The standard InChI is InChI=1S/C29H27N5O3/c1-3-33(4-2)29(36)21-12-8-13-22(16-21)31-28(35)24-17-26(20-10-6-5-7-11-20)32-27-25(24)18-30-34(27)19-23-14-9-15-37-23/h5-18H,3-4,19H2,1-2H3,(H,31,35). The lowest BCUT2D eigenvalue weighted by molar-refractivity contribution is 0.0772. The van der Waals surface area contributed by atoms with Gasteiger partial charge in [0.2, 0.25) is 0 Å². The molecule has 1 N–H and O–H groups in total. The Morgan fingerprint density at radius 2 is 1.78 bits per heavy atom. The van der Waals surface area contributed by atoms with Gasteiger partial charge in [0.05, 0.1) is 29.1 Å². The molecule has 8 heteroatoms. The fourth-order valence-corrected chi connectivity index (χ4v) is 4.28. The van der Waals surface area contributed by atoms with Crippen LogP contribution in [0.1, 0.15) is 40.3 Å². The lowest BCUT2D eigenvalue weighted by Gasteiger charge is -2.19. The molecule has 0 aliphatic rings. The van der Waals surface area contributed by atoms with Crippen LogP contribution < -0.4 is 5.32 Å². The van der Waals surface area contributed by atoms with Gasteiger partial charge in [-0.05, 0) is 50.2 Å². The molecule has 5 aromatic rings. The Morgan fingerprint density at radius 3 is 2.51 bits per heavy atom. The monoisotopic (exact) mass is 493 g/mol. The van der Waals surface area contributed by atoms with Crippen molar-refractivity contribution in [1.29, 1.82) is 0 Å². The average molecular weight is 494 g/mol. The van der Waals surface area contributed by atoms with Crippen LogP contribution >= 0.6 is 0 Å². The molecule has 0 atom stereocenters. The number of hydrogen-bond acceptors (Lipinski definition) is 5. The van der Waals surface area contributed by atoms with E-state index in [1.807, 2.05) is 56.3 Å². The molecular weight excluding hydrogens is 466 g/mol. The first-order chi connectivity index (χ1) is 18.1. The van der Waals surface area contributed by atoms with Gasteiger partial charge in [0.25, 0.3) is 11.8 Å². The third kappa shape index (κ3) is 4.99. The number of nitrogens with one attached hydrogen (secondary N) is 1. The summed E-state index contributed by atoms with van der Waals surface area (Å²) in [6.07, 6.45) is 3.26. The number of fused-ring (bicyclic) bond motifs is 1. The highest BCUT2D eigenvalue weighted by Gasteiger charge is 2.19. The summed E-state index contributed by atoms with van der Waals surface area (Å²) in [5, 5.41) is 8.08. The molecule has 2 aromatic carbocycles. The summed E-state index contributed by atoms with van der Waals surface area (Å²) in [7, 11) is 0. The van der Waals surface area contributed by atoms with Crippen molar-refractivity contribution in [3.63, 3.8) is 0 Å². The van der Waals surface area contributed by atoms with E-state index in [0.29, 0.717) is 53.2 Å². The molecule has 0 spiro atoms. The van der Waals surface area contributed by atoms with Crippen LogP contribution in [-0.2, 0) is 6.54 Å². The van der Waals surface area contributed by atoms with Crippen molar-refractivity contribution in [1.82, 2.24) is 19.7 Å². The number of benzene rings is 2. The highest BCUT2D eigenvalue weighted by molar-refractivity contribution is 6.13. The summed E-state index contributed by atoms with van der Waals surface area (Å²) in [6.45, 7) is 5.50. The maximum atomic E-state index is 13.6. The maximum absolute atomic E-state index is 13.6. The summed E-state index contributed by atoms with van der Waals surface area (Å²) >= 11 is 0. The van der Waals surface area contributed by atoms with Crippen molar-refractivity contribution in [3.8, 4) is 11.3 Å². The molecule has 8 nitrogen and oxygen atoms in total. The van der Waals surface area contributed by atoms with Gasteiger partial charge < -0.3 is 14.6 Å². The number of amides is 2. The zero-order chi connectivity index (χ0) is 25.8. The lowest BCUT2D eigenvalue weighted by atomic mass is 10.1. The smallest absolute Gasteiger partial charge is 0.256 e. The minimum absolute atomic E-state index is 0.0713. The number of furan rings is 1. The molecular formula is C29H27N5O3. The molecule has 5 rings (SSSR count). The second-order valence-corrected chi connectivity index (χ2v) is 8.55. The van der Waals surface area contributed by atoms with Crippen molar-refractivity contribution < 1.29 is 14.0 Å². The van der Waals surface area contributed by atoms with Crippen LogP contribution in [0.5, 0.6) is 0 Å². The highest BCUT2D eigenvalue weighted by atomic mass is 16.3. The van der Waals surface area contributed by atoms with Crippen LogP contribution in [0.2, 0.25) is 0 Å². The number of nitrogens with zero attached hydrogens (tertiary/aromatic N) is 4. The first kappa shape index (κ1) is 24.0. The molecule has 0 unspecified atom stereocenters. The van der Waals surface area contributed by atoms with E-state index in [9.17, 15) is 9.59 Å². The summed E-state index contributed by atoms with van der Waals surface area (Å²) in [5.41, 5.74) is 3.62. The van der Waals surface area contributed by atoms with Crippen LogP contribution in [-0.4, -0.2) is 44.6 Å². The van der Waals surface area contributed by atoms with Crippen molar-refractivity contribution in [3.05, 3.63) is 102 Å². The molecule has 37 heavy (non-hydrogen) atoms. The first-order valence-electron chi connectivity index (χ1n) is 12.2. The Morgan fingerprint density at radius 1 is 0.973 bits per heavy atom. The number of hydrogen-bond donors (Lipinski definition) is 1. The van der Waals surface area contributed by atoms with E-state index < -0.39 is 0 Å². The molecule has 3 aromatic heterocycles. The second-order valence-electron chi connectivity index (χ2n) is 8.55. The largest absolute Gasteiger partial charge is 0.467 e. The lowest BCUT2D eigenvalue weighted by Crippen LogP contribution is -2.30. The van der Waals surface area contributed by atoms with E-state index in [2.05, 4.69) is 10.4 Å².